The van der Waals surface area contributed by atoms with E-state index in [0.717, 1.165) is 20.3 Å². The molecule has 142 valence electrons. The molecule has 2 heterocycles. The molecule has 2 aromatic heterocycles. The molecule has 0 aliphatic carbocycles. The Morgan fingerprint density at radius 1 is 0.897 bits per heavy atom. The van der Waals surface area contributed by atoms with E-state index in [1.807, 2.05) is 30.5 Å². The Labute approximate surface area is 181 Å². The first kappa shape index (κ1) is 18.1. The second-order valence-electron chi connectivity index (χ2n) is 6.96. The number of ketones is 1. The first-order valence-corrected chi connectivity index (χ1v) is 10.4. The first-order chi connectivity index (χ1) is 14.2. The zero-order valence-corrected chi connectivity index (χ0v) is 17.7. The predicted molar refractivity (Wildman–Crippen MR) is 122 cm³/mol. The topological polar surface area (TPSA) is 52.7 Å². The number of fused-ring (bicyclic) bond motifs is 3. The third-order valence-electron chi connectivity index (χ3n) is 5.04. The number of nitrogens with zero attached hydrogens (tertiary/aromatic N) is 4. The highest BCUT2D eigenvalue weighted by molar-refractivity contribution is 14.1. The van der Waals surface area contributed by atoms with E-state index in [1.165, 1.54) is 10.8 Å². The van der Waals surface area contributed by atoms with Gasteiger partial charge in [0.2, 0.25) is 0 Å². The van der Waals surface area contributed by atoms with E-state index >= 15 is 0 Å². The van der Waals surface area contributed by atoms with Crippen LogP contribution in [0.4, 0.5) is 0 Å². The second kappa shape index (κ2) is 7.44. The zero-order valence-electron chi connectivity index (χ0n) is 15.5. The minimum atomic E-state index is 0.0248. The fraction of sp³-hybridized carbons (Fsp3) is 0.0870. The van der Waals surface area contributed by atoms with Gasteiger partial charge in [-0.2, -0.15) is 0 Å². The minimum Gasteiger partial charge on any atom is -0.334 e. The van der Waals surface area contributed by atoms with Crippen LogP contribution in [-0.4, -0.2) is 25.3 Å². The minimum absolute atomic E-state index is 0.0248. The number of carbonyl (C=O) groups excluding carboxylic acids is 1. The monoisotopic (exact) mass is 492 g/mol. The van der Waals surface area contributed by atoms with E-state index in [4.69, 9.17) is 0 Å². The number of hydrogen-bond acceptors (Lipinski definition) is 3. The van der Waals surface area contributed by atoms with Crippen molar-refractivity contribution in [2.45, 2.75) is 13.1 Å². The maximum atomic E-state index is 12.5. The van der Waals surface area contributed by atoms with Gasteiger partial charge in [-0.3, -0.25) is 4.79 Å². The number of halogens is 1. The summed E-state index contributed by atoms with van der Waals surface area (Å²) in [7, 11) is 0. The van der Waals surface area contributed by atoms with Crippen molar-refractivity contribution >= 4 is 50.2 Å². The van der Waals surface area contributed by atoms with Crippen molar-refractivity contribution in [3.8, 4) is 0 Å². The van der Waals surface area contributed by atoms with Crippen molar-refractivity contribution in [3.05, 3.63) is 93.8 Å². The number of Topliss-reactive ketones (excluding diaryl/α,β-unsaturated/α-hetero) is 1. The molecule has 5 aromatic rings. The van der Waals surface area contributed by atoms with E-state index in [-0.39, 0.29) is 12.3 Å². The van der Waals surface area contributed by atoms with E-state index in [9.17, 15) is 4.79 Å². The average Bonchev–Trinajstić information content (AvgIpc) is 3.31. The number of rotatable bonds is 5. The van der Waals surface area contributed by atoms with Crippen LogP contribution in [0.3, 0.4) is 0 Å². The summed E-state index contributed by atoms with van der Waals surface area (Å²) in [6.45, 7) is 0.783. The number of hydrogen-bond donors (Lipinski definition) is 0. The summed E-state index contributed by atoms with van der Waals surface area (Å²) in [5, 5.41) is 10.9. The standard InChI is InChI=1S/C23H17IN4O/c24-17-7-5-6-16(12-17)23(29)15-27-13-18(25-26-27)14-28-21-10-3-1-8-19(21)20-9-2-4-11-22(20)28/h1-13H,14-15H2. The molecule has 0 spiro atoms. The van der Waals surface area contributed by atoms with Gasteiger partial charge in [0, 0.05) is 30.9 Å². The number of benzene rings is 3. The van der Waals surface area contributed by atoms with Gasteiger partial charge in [-0.25, -0.2) is 4.68 Å². The quantitative estimate of drug-likeness (QED) is 0.259. The molecule has 0 unspecified atom stereocenters. The molecule has 0 amide bonds. The maximum absolute atomic E-state index is 12.5. The number of carbonyl (C=O) groups is 1. The molecule has 0 aliphatic rings. The first-order valence-electron chi connectivity index (χ1n) is 9.33. The lowest BCUT2D eigenvalue weighted by molar-refractivity contribution is 0.0967. The molecular formula is C23H17IN4O. The predicted octanol–water partition coefficient (Wildman–Crippen LogP) is 4.92. The van der Waals surface area contributed by atoms with Crippen molar-refractivity contribution in [1.82, 2.24) is 19.6 Å². The zero-order chi connectivity index (χ0) is 19.8. The van der Waals surface area contributed by atoms with Crippen molar-refractivity contribution in [1.29, 1.82) is 0 Å². The Morgan fingerprint density at radius 3 is 2.28 bits per heavy atom. The van der Waals surface area contributed by atoms with Crippen LogP contribution in [0.2, 0.25) is 0 Å². The van der Waals surface area contributed by atoms with Gasteiger partial charge < -0.3 is 4.57 Å². The summed E-state index contributed by atoms with van der Waals surface area (Å²) in [6.07, 6.45) is 1.86. The Morgan fingerprint density at radius 2 is 1.59 bits per heavy atom. The second-order valence-corrected chi connectivity index (χ2v) is 8.21. The Kier molecular flexibility index (Phi) is 4.63. The molecule has 0 saturated carbocycles. The highest BCUT2D eigenvalue weighted by atomic mass is 127. The third kappa shape index (κ3) is 3.44. The fourth-order valence-electron chi connectivity index (χ4n) is 3.72. The van der Waals surface area contributed by atoms with Crippen LogP contribution in [0.5, 0.6) is 0 Å². The molecule has 5 rings (SSSR count). The van der Waals surface area contributed by atoms with Gasteiger partial charge in [0.05, 0.1) is 12.7 Å². The Balaban J connectivity index is 1.44. The molecule has 3 aromatic carbocycles. The van der Waals surface area contributed by atoms with Gasteiger partial charge in [0.1, 0.15) is 12.2 Å². The summed E-state index contributed by atoms with van der Waals surface area (Å²) in [4.78, 5) is 12.5. The molecule has 0 radical (unpaired) electrons. The smallest absolute Gasteiger partial charge is 0.184 e. The summed E-state index contributed by atoms with van der Waals surface area (Å²) >= 11 is 2.21. The molecule has 5 nitrogen and oxygen atoms in total. The molecule has 0 saturated heterocycles. The van der Waals surface area contributed by atoms with Gasteiger partial charge in [0.15, 0.2) is 5.78 Å². The van der Waals surface area contributed by atoms with Crippen molar-refractivity contribution < 1.29 is 4.79 Å². The van der Waals surface area contributed by atoms with Crippen LogP contribution in [0.25, 0.3) is 21.8 Å². The fourth-order valence-corrected chi connectivity index (χ4v) is 4.27. The molecule has 0 N–H and O–H groups in total. The molecular weight excluding hydrogens is 475 g/mol. The van der Waals surface area contributed by atoms with Crippen molar-refractivity contribution in [2.24, 2.45) is 0 Å². The van der Waals surface area contributed by atoms with Crippen molar-refractivity contribution in [2.75, 3.05) is 0 Å². The molecule has 0 fully saturated rings. The molecule has 6 heteroatoms. The Hall–Kier alpha value is -3.00. The van der Waals surface area contributed by atoms with Crippen LogP contribution < -0.4 is 0 Å². The van der Waals surface area contributed by atoms with Gasteiger partial charge in [-0.15, -0.1) is 5.10 Å². The average molecular weight is 492 g/mol. The molecule has 0 atom stereocenters. The van der Waals surface area contributed by atoms with E-state index < -0.39 is 0 Å². The molecule has 0 bridgehead atoms. The lowest BCUT2D eigenvalue weighted by Crippen LogP contribution is -2.11. The normalized spacial score (nSPS) is 11.3. The lowest BCUT2D eigenvalue weighted by atomic mass is 10.1. The van der Waals surface area contributed by atoms with Crippen molar-refractivity contribution in [3.63, 3.8) is 0 Å². The van der Waals surface area contributed by atoms with Crippen LogP contribution in [0.15, 0.2) is 79.0 Å². The maximum Gasteiger partial charge on any atom is 0.184 e. The van der Waals surface area contributed by atoms with Gasteiger partial charge in [0.25, 0.3) is 0 Å². The summed E-state index contributed by atoms with van der Waals surface area (Å²) in [5.74, 6) is 0.0248. The van der Waals surface area contributed by atoms with Gasteiger partial charge >= 0.3 is 0 Å². The van der Waals surface area contributed by atoms with Crippen LogP contribution in [0, 0.1) is 3.57 Å². The summed E-state index contributed by atoms with van der Waals surface area (Å²) < 4.78 is 4.91. The molecule has 29 heavy (non-hydrogen) atoms. The van der Waals surface area contributed by atoms with Gasteiger partial charge in [-0.1, -0.05) is 53.7 Å². The van der Waals surface area contributed by atoms with E-state index in [1.54, 1.807) is 4.68 Å². The van der Waals surface area contributed by atoms with E-state index in [2.05, 4.69) is 86.0 Å². The highest BCUT2D eigenvalue weighted by Gasteiger charge is 2.13. The largest absolute Gasteiger partial charge is 0.334 e. The number of aromatic nitrogens is 4. The Bertz CT molecular complexity index is 1300. The van der Waals surface area contributed by atoms with Crippen LogP contribution >= 0.6 is 22.6 Å². The lowest BCUT2D eigenvalue weighted by Gasteiger charge is -2.04. The number of para-hydroxylation sites is 2. The highest BCUT2D eigenvalue weighted by Crippen LogP contribution is 2.29. The SMILES string of the molecule is O=C(Cn1cc(Cn2c3ccccc3c3ccccc32)nn1)c1cccc(I)c1. The molecule has 0 aliphatic heterocycles. The third-order valence-corrected chi connectivity index (χ3v) is 5.71. The van der Waals surface area contributed by atoms with Crippen LogP contribution in [-0.2, 0) is 13.1 Å². The summed E-state index contributed by atoms with van der Waals surface area (Å²) in [5.41, 5.74) is 3.85. The summed E-state index contributed by atoms with van der Waals surface area (Å²) in [6, 6.07) is 24.3. The van der Waals surface area contributed by atoms with Crippen LogP contribution in [0.1, 0.15) is 16.1 Å². The van der Waals surface area contributed by atoms with E-state index in [0.29, 0.717) is 12.1 Å². The van der Waals surface area contributed by atoms with Gasteiger partial charge in [-0.05, 0) is 46.9 Å².